The van der Waals surface area contributed by atoms with Gasteiger partial charge in [-0.15, -0.1) is 0 Å². The Bertz CT molecular complexity index is 464. The first kappa shape index (κ1) is 12.2. The van der Waals surface area contributed by atoms with Gasteiger partial charge in [-0.2, -0.15) is 0 Å². The second-order valence-corrected chi connectivity index (χ2v) is 3.81. The van der Waals surface area contributed by atoms with E-state index in [1.165, 1.54) is 0 Å². The quantitative estimate of drug-likeness (QED) is 0.667. The number of aliphatic hydroxyl groups excluding tert-OH is 2. The number of nitrogens with one attached hydrogen (secondary N) is 1. The van der Waals surface area contributed by atoms with E-state index in [2.05, 4.69) is 4.98 Å². The van der Waals surface area contributed by atoms with Gasteiger partial charge in [0.1, 0.15) is 24.1 Å². The fourth-order valence-corrected chi connectivity index (χ4v) is 1.80. The SMILES string of the molecule is O=c1cc(F)c([C@@H]2O[C@H](CO)C(O)[C@@H]2F)c[nH]1. The molecular weight excluding hydrogens is 236 g/mol. The summed E-state index contributed by atoms with van der Waals surface area (Å²) in [6.07, 6.45) is -4.80. The summed E-state index contributed by atoms with van der Waals surface area (Å²) in [5.74, 6) is -0.910. The van der Waals surface area contributed by atoms with Gasteiger partial charge in [0, 0.05) is 17.8 Å². The van der Waals surface area contributed by atoms with E-state index in [-0.39, 0.29) is 5.56 Å². The van der Waals surface area contributed by atoms with Gasteiger partial charge in [-0.3, -0.25) is 4.79 Å². The molecular formula is C10H11F2NO4. The minimum absolute atomic E-state index is 0.188. The smallest absolute Gasteiger partial charge is 0.250 e. The molecule has 1 unspecified atom stereocenters. The number of alkyl halides is 1. The minimum atomic E-state index is -1.85. The first-order valence-electron chi connectivity index (χ1n) is 5.01. The van der Waals surface area contributed by atoms with Crippen LogP contribution in [0.15, 0.2) is 17.1 Å². The molecule has 0 aliphatic carbocycles. The number of aliphatic hydroxyl groups is 2. The van der Waals surface area contributed by atoms with Gasteiger partial charge in [0.05, 0.1) is 6.61 Å². The number of ether oxygens (including phenoxy) is 1. The van der Waals surface area contributed by atoms with Crippen LogP contribution in [0.25, 0.3) is 0 Å². The lowest BCUT2D eigenvalue weighted by Crippen LogP contribution is -2.30. The van der Waals surface area contributed by atoms with Crippen LogP contribution >= 0.6 is 0 Å². The lowest BCUT2D eigenvalue weighted by Gasteiger charge is -2.13. The molecule has 7 heteroatoms. The highest BCUT2D eigenvalue weighted by Gasteiger charge is 2.45. The normalized spacial score (nSPS) is 32.9. The predicted octanol–water partition coefficient (Wildman–Crippen LogP) is -0.355. The molecule has 1 aliphatic rings. The number of hydrogen-bond acceptors (Lipinski definition) is 4. The van der Waals surface area contributed by atoms with Crippen LogP contribution in [0, 0.1) is 5.82 Å². The molecule has 4 atom stereocenters. The van der Waals surface area contributed by atoms with Gasteiger partial charge >= 0.3 is 0 Å². The molecule has 0 radical (unpaired) electrons. The van der Waals surface area contributed by atoms with Crippen molar-refractivity contribution in [3.63, 3.8) is 0 Å². The van der Waals surface area contributed by atoms with Gasteiger partial charge in [-0.25, -0.2) is 8.78 Å². The molecule has 3 N–H and O–H groups in total. The molecule has 0 aromatic carbocycles. The molecule has 17 heavy (non-hydrogen) atoms. The fourth-order valence-electron chi connectivity index (χ4n) is 1.80. The Labute approximate surface area is 94.7 Å². The average Bonchev–Trinajstić information content (AvgIpc) is 2.57. The van der Waals surface area contributed by atoms with Gasteiger partial charge in [0.15, 0.2) is 6.17 Å². The number of rotatable bonds is 2. The molecule has 1 aliphatic heterocycles. The zero-order chi connectivity index (χ0) is 12.6. The maximum Gasteiger partial charge on any atom is 0.250 e. The van der Waals surface area contributed by atoms with Crippen molar-refractivity contribution in [2.75, 3.05) is 6.61 Å². The van der Waals surface area contributed by atoms with E-state index in [1.54, 1.807) is 0 Å². The summed E-state index contributed by atoms with van der Waals surface area (Å²) in [5, 5.41) is 18.2. The number of hydrogen-bond donors (Lipinski definition) is 3. The van der Waals surface area contributed by atoms with E-state index in [1.807, 2.05) is 0 Å². The molecule has 0 spiro atoms. The van der Waals surface area contributed by atoms with Crippen molar-refractivity contribution < 1.29 is 23.7 Å². The third-order valence-corrected chi connectivity index (χ3v) is 2.71. The Balaban J connectivity index is 2.32. The van der Waals surface area contributed by atoms with Crippen LogP contribution in [-0.4, -0.2) is 40.2 Å². The van der Waals surface area contributed by atoms with Crippen LogP contribution in [0.4, 0.5) is 8.78 Å². The number of pyridine rings is 1. The summed E-state index contributed by atoms with van der Waals surface area (Å²) < 4.78 is 32.1. The Morgan fingerprint density at radius 3 is 2.76 bits per heavy atom. The van der Waals surface area contributed by atoms with Gasteiger partial charge in [-0.05, 0) is 0 Å². The number of aromatic nitrogens is 1. The second-order valence-electron chi connectivity index (χ2n) is 3.81. The molecule has 1 saturated heterocycles. The van der Waals surface area contributed by atoms with E-state index >= 15 is 0 Å². The standard InChI is InChI=1S/C10H11F2NO4/c11-5-1-7(15)13-2-4(5)10-8(12)9(16)6(3-14)17-10/h1-2,6,8-10,14,16H,3H2,(H,13,15)/t6-,8+,9?,10+/m1/s1. The molecule has 0 amide bonds. The topological polar surface area (TPSA) is 82.6 Å². The second kappa shape index (κ2) is 4.52. The number of aromatic amines is 1. The first-order chi connectivity index (χ1) is 8.04. The summed E-state index contributed by atoms with van der Waals surface area (Å²) in [5.41, 5.74) is -0.842. The van der Waals surface area contributed by atoms with Crippen molar-refractivity contribution in [1.29, 1.82) is 0 Å². The number of H-pyrrole nitrogens is 1. The molecule has 94 valence electrons. The highest BCUT2D eigenvalue weighted by molar-refractivity contribution is 5.19. The fraction of sp³-hybridized carbons (Fsp3) is 0.500. The van der Waals surface area contributed by atoms with Gasteiger partial charge in [-0.1, -0.05) is 0 Å². The largest absolute Gasteiger partial charge is 0.394 e. The zero-order valence-electron chi connectivity index (χ0n) is 8.64. The van der Waals surface area contributed by atoms with E-state index in [4.69, 9.17) is 9.84 Å². The maximum absolute atomic E-state index is 13.6. The van der Waals surface area contributed by atoms with Crippen LogP contribution in [-0.2, 0) is 4.74 Å². The van der Waals surface area contributed by atoms with E-state index in [0.717, 1.165) is 6.20 Å². The van der Waals surface area contributed by atoms with Gasteiger partial charge < -0.3 is 19.9 Å². The molecule has 0 bridgehead atoms. The van der Waals surface area contributed by atoms with Crippen LogP contribution in [0.1, 0.15) is 11.7 Å². The summed E-state index contributed by atoms with van der Waals surface area (Å²) in [6, 6.07) is 0.671. The lowest BCUT2D eigenvalue weighted by atomic mass is 10.0. The van der Waals surface area contributed by atoms with E-state index < -0.39 is 42.5 Å². The molecule has 1 aromatic heterocycles. The van der Waals surface area contributed by atoms with Crippen molar-refractivity contribution in [3.8, 4) is 0 Å². The number of halogens is 2. The predicted molar refractivity (Wildman–Crippen MR) is 52.6 cm³/mol. The summed E-state index contributed by atoms with van der Waals surface area (Å²) in [4.78, 5) is 13.0. The molecule has 2 rings (SSSR count). The van der Waals surface area contributed by atoms with Crippen LogP contribution in [0.5, 0.6) is 0 Å². The van der Waals surface area contributed by atoms with Crippen LogP contribution < -0.4 is 5.56 Å². The Morgan fingerprint density at radius 1 is 1.53 bits per heavy atom. The highest BCUT2D eigenvalue weighted by Crippen LogP contribution is 2.35. The first-order valence-corrected chi connectivity index (χ1v) is 5.01. The average molecular weight is 247 g/mol. The summed E-state index contributed by atoms with van der Waals surface area (Å²) in [7, 11) is 0. The maximum atomic E-state index is 13.6. The molecule has 0 saturated carbocycles. The van der Waals surface area contributed by atoms with Crippen molar-refractivity contribution in [2.24, 2.45) is 0 Å². The van der Waals surface area contributed by atoms with Gasteiger partial charge in [0.2, 0.25) is 0 Å². The van der Waals surface area contributed by atoms with Crippen molar-refractivity contribution >= 4 is 0 Å². The molecule has 2 heterocycles. The molecule has 5 nitrogen and oxygen atoms in total. The molecule has 1 fully saturated rings. The lowest BCUT2D eigenvalue weighted by molar-refractivity contribution is -0.0235. The van der Waals surface area contributed by atoms with Crippen molar-refractivity contribution in [2.45, 2.75) is 24.5 Å². The summed E-state index contributed by atoms with van der Waals surface area (Å²) >= 11 is 0. The Kier molecular flexibility index (Phi) is 3.23. The molecule has 1 aromatic rings. The van der Waals surface area contributed by atoms with Crippen LogP contribution in [0.2, 0.25) is 0 Å². The third kappa shape index (κ3) is 2.08. The van der Waals surface area contributed by atoms with Crippen LogP contribution in [0.3, 0.4) is 0 Å². The highest BCUT2D eigenvalue weighted by atomic mass is 19.1. The monoisotopic (exact) mass is 247 g/mol. The minimum Gasteiger partial charge on any atom is -0.394 e. The van der Waals surface area contributed by atoms with E-state index in [0.29, 0.717) is 6.07 Å². The van der Waals surface area contributed by atoms with Crippen molar-refractivity contribution in [3.05, 3.63) is 34.0 Å². The van der Waals surface area contributed by atoms with Gasteiger partial charge in [0.25, 0.3) is 5.56 Å². The zero-order valence-corrected chi connectivity index (χ0v) is 8.64. The summed E-state index contributed by atoms with van der Waals surface area (Å²) in [6.45, 7) is -0.566. The third-order valence-electron chi connectivity index (χ3n) is 2.71. The Morgan fingerprint density at radius 2 is 2.24 bits per heavy atom. The van der Waals surface area contributed by atoms with Crippen molar-refractivity contribution in [1.82, 2.24) is 4.98 Å². The van der Waals surface area contributed by atoms with E-state index in [9.17, 15) is 18.7 Å². The Hall–Kier alpha value is -1.31.